The molecule has 0 atom stereocenters. The van der Waals surface area contributed by atoms with Gasteiger partial charge in [0.05, 0.1) is 14.9 Å². The molecule has 2 aromatic rings. The Labute approximate surface area is 114 Å². The van der Waals surface area contributed by atoms with Crippen LogP contribution in [0.15, 0.2) is 30.3 Å². The van der Waals surface area contributed by atoms with E-state index in [1.54, 1.807) is 12.1 Å². The minimum Gasteiger partial charge on any atom is -0.293 e. The van der Waals surface area contributed by atoms with Gasteiger partial charge in [0, 0.05) is 11.3 Å². The standard InChI is InChI=1S/C13H10Cl2OS/c1-8-5-6-12(17-8)11(16)7-9-3-2-4-10(14)13(9)15/h2-6H,7H2,1H3. The Bertz CT molecular complexity index is 560. The van der Waals surface area contributed by atoms with Crippen molar-refractivity contribution < 1.29 is 4.79 Å². The fraction of sp³-hybridized carbons (Fsp3) is 0.154. The second-order valence-electron chi connectivity index (χ2n) is 3.72. The maximum atomic E-state index is 12.0. The number of Topliss-reactive ketones (excluding diaryl/α,β-unsaturated/α-hetero) is 1. The van der Waals surface area contributed by atoms with Gasteiger partial charge in [-0.25, -0.2) is 0 Å². The second kappa shape index (κ2) is 5.21. The van der Waals surface area contributed by atoms with E-state index in [-0.39, 0.29) is 5.78 Å². The van der Waals surface area contributed by atoms with Crippen molar-refractivity contribution in [1.82, 2.24) is 0 Å². The summed E-state index contributed by atoms with van der Waals surface area (Å²) in [7, 11) is 0. The van der Waals surface area contributed by atoms with Crippen molar-refractivity contribution >= 4 is 40.3 Å². The predicted octanol–water partition coefficient (Wildman–Crippen LogP) is 4.79. The molecule has 1 nitrogen and oxygen atoms in total. The van der Waals surface area contributed by atoms with Crippen molar-refractivity contribution in [2.75, 3.05) is 0 Å². The number of benzene rings is 1. The summed E-state index contributed by atoms with van der Waals surface area (Å²) in [5.41, 5.74) is 0.773. The van der Waals surface area contributed by atoms with Crippen molar-refractivity contribution in [2.45, 2.75) is 13.3 Å². The monoisotopic (exact) mass is 284 g/mol. The quantitative estimate of drug-likeness (QED) is 0.741. The lowest BCUT2D eigenvalue weighted by atomic mass is 10.1. The highest BCUT2D eigenvalue weighted by molar-refractivity contribution is 7.14. The number of hydrogen-bond acceptors (Lipinski definition) is 2. The van der Waals surface area contributed by atoms with Crippen LogP contribution in [-0.4, -0.2) is 5.78 Å². The largest absolute Gasteiger partial charge is 0.293 e. The molecule has 0 aliphatic rings. The minimum atomic E-state index is 0.0762. The molecule has 4 heteroatoms. The van der Waals surface area contributed by atoms with Gasteiger partial charge in [-0.3, -0.25) is 4.79 Å². The van der Waals surface area contributed by atoms with Gasteiger partial charge in [-0.05, 0) is 30.7 Å². The first kappa shape index (κ1) is 12.6. The number of hydrogen-bond donors (Lipinski definition) is 0. The van der Waals surface area contributed by atoms with Crippen LogP contribution in [-0.2, 0) is 6.42 Å². The molecule has 0 fully saturated rings. The Morgan fingerprint density at radius 1 is 1.24 bits per heavy atom. The Hall–Kier alpha value is -0.830. The fourth-order valence-electron chi connectivity index (χ4n) is 1.53. The van der Waals surface area contributed by atoms with Crippen LogP contribution < -0.4 is 0 Å². The topological polar surface area (TPSA) is 17.1 Å². The van der Waals surface area contributed by atoms with Crippen LogP contribution in [0.25, 0.3) is 0 Å². The molecule has 0 saturated carbocycles. The van der Waals surface area contributed by atoms with Gasteiger partial charge in [0.2, 0.25) is 0 Å². The molecule has 1 heterocycles. The molecule has 0 aliphatic carbocycles. The van der Waals surface area contributed by atoms with Crippen LogP contribution in [0.4, 0.5) is 0 Å². The van der Waals surface area contributed by atoms with E-state index in [2.05, 4.69) is 0 Å². The van der Waals surface area contributed by atoms with Crippen molar-refractivity contribution in [3.8, 4) is 0 Å². The molecule has 0 radical (unpaired) electrons. The summed E-state index contributed by atoms with van der Waals surface area (Å²) in [5.74, 6) is 0.0762. The summed E-state index contributed by atoms with van der Waals surface area (Å²) in [6.07, 6.45) is 0.291. The molecule has 0 unspecified atom stereocenters. The lowest BCUT2D eigenvalue weighted by molar-refractivity contribution is 0.0997. The van der Waals surface area contributed by atoms with Crippen molar-refractivity contribution in [1.29, 1.82) is 0 Å². The molecule has 0 bridgehead atoms. The lowest BCUT2D eigenvalue weighted by Crippen LogP contribution is -2.01. The van der Waals surface area contributed by atoms with Gasteiger partial charge < -0.3 is 0 Å². The highest BCUT2D eigenvalue weighted by atomic mass is 35.5. The van der Waals surface area contributed by atoms with E-state index in [0.29, 0.717) is 16.5 Å². The molecule has 0 saturated heterocycles. The molecule has 17 heavy (non-hydrogen) atoms. The van der Waals surface area contributed by atoms with E-state index >= 15 is 0 Å². The average molecular weight is 285 g/mol. The highest BCUT2D eigenvalue weighted by Crippen LogP contribution is 2.27. The number of rotatable bonds is 3. The van der Waals surface area contributed by atoms with E-state index in [0.717, 1.165) is 15.3 Å². The summed E-state index contributed by atoms with van der Waals surface area (Å²) >= 11 is 13.5. The van der Waals surface area contributed by atoms with Crippen LogP contribution in [0.2, 0.25) is 10.0 Å². The number of halogens is 2. The molecular formula is C13H10Cl2OS. The van der Waals surface area contributed by atoms with Gasteiger partial charge in [0.25, 0.3) is 0 Å². The zero-order valence-corrected chi connectivity index (χ0v) is 11.5. The van der Waals surface area contributed by atoms with Gasteiger partial charge >= 0.3 is 0 Å². The highest BCUT2D eigenvalue weighted by Gasteiger charge is 2.12. The SMILES string of the molecule is Cc1ccc(C(=O)Cc2cccc(Cl)c2Cl)s1. The van der Waals surface area contributed by atoms with Crippen molar-refractivity contribution in [3.05, 3.63) is 55.7 Å². The Balaban J connectivity index is 2.21. The van der Waals surface area contributed by atoms with Gasteiger partial charge in [-0.1, -0.05) is 35.3 Å². The average Bonchev–Trinajstić information content (AvgIpc) is 2.72. The normalized spacial score (nSPS) is 10.5. The van der Waals surface area contributed by atoms with Gasteiger partial charge in [-0.15, -0.1) is 11.3 Å². The molecule has 1 aromatic carbocycles. The van der Waals surface area contributed by atoms with E-state index in [1.807, 2.05) is 25.1 Å². The third-order valence-electron chi connectivity index (χ3n) is 2.40. The third-order valence-corrected chi connectivity index (χ3v) is 4.30. The number of thiophene rings is 1. The summed E-state index contributed by atoms with van der Waals surface area (Å²) in [4.78, 5) is 13.9. The Morgan fingerprint density at radius 3 is 2.65 bits per heavy atom. The van der Waals surface area contributed by atoms with Crippen LogP contribution in [0.1, 0.15) is 20.1 Å². The summed E-state index contributed by atoms with van der Waals surface area (Å²) in [5, 5.41) is 0.954. The van der Waals surface area contributed by atoms with Gasteiger partial charge in [-0.2, -0.15) is 0 Å². The minimum absolute atomic E-state index is 0.0762. The first-order chi connectivity index (χ1) is 8.08. The maximum absolute atomic E-state index is 12.0. The number of aryl methyl sites for hydroxylation is 1. The summed E-state index contributed by atoms with van der Waals surface area (Å²) < 4.78 is 0. The predicted molar refractivity (Wildman–Crippen MR) is 73.6 cm³/mol. The molecule has 2 rings (SSSR count). The summed E-state index contributed by atoms with van der Waals surface area (Å²) in [6.45, 7) is 1.98. The van der Waals surface area contributed by atoms with E-state index in [9.17, 15) is 4.79 Å². The molecule has 0 N–H and O–H groups in total. The van der Waals surface area contributed by atoms with E-state index in [1.165, 1.54) is 11.3 Å². The number of ketones is 1. The first-order valence-corrected chi connectivity index (χ1v) is 6.67. The fourth-order valence-corrected chi connectivity index (χ4v) is 2.72. The first-order valence-electron chi connectivity index (χ1n) is 5.10. The van der Waals surface area contributed by atoms with E-state index < -0.39 is 0 Å². The number of carbonyl (C=O) groups is 1. The smallest absolute Gasteiger partial charge is 0.177 e. The molecule has 0 spiro atoms. The summed E-state index contributed by atoms with van der Waals surface area (Å²) in [6, 6.07) is 9.13. The lowest BCUT2D eigenvalue weighted by Gasteiger charge is -2.03. The van der Waals surface area contributed by atoms with Crippen molar-refractivity contribution in [2.24, 2.45) is 0 Å². The van der Waals surface area contributed by atoms with Crippen LogP contribution >= 0.6 is 34.5 Å². The molecule has 1 aromatic heterocycles. The second-order valence-corrected chi connectivity index (χ2v) is 5.80. The third kappa shape index (κ3) is 2.89. The Morgan fingerprint density at radius 2 is 2.00 bits per heavy atom. The zero-order chi connectivity index (χ0) is 12.4. The molecule has 88 valence electrons. The van der Waals surface area contributed by atoms with Crippen LogP contribution in [0, 0.1) is 6.92 Å². The Kier molecular flexibility index (Phi) is 3.87. The molecule has 0 amide bonds. The maximum Gasteiger partial charge on any atom is 0.177 e. The number of carbonyl (C=O) groups excluding carboxylic acids is 1. The van der Waals surface area contributed by atoms with Crippen LogP contribution in [0.3, 0.4) is 0 Å². The van der Waals surface area contributed by atoms with Crippen LogP contribution in [0.5, 0.6) is 0 Å². The van der Waals surface area contributed by atoms with Crippen molar-refractivity contribution in [3.63, 3.8) is 0 Å². The van der Waals surface area contributed by atoms with Gasteiger partial charge in [0.15, 0.2) is 5.78 Å². The van der Waals surface area contributed by atoms with Gasteiger partial charge in [0.1, 0.15) is 0 Å². The van der Waals surface area contributed by atoms with E-state index in [4.69, 9.17) is 23.2 Å². The molecule has 0 aliphatic heterocycles. The zero-order valence-electron chi connectivity index (χ0n) is 9.17. The molecular weight excluding hydrogens is 275 g/mol.